The molecular formula is C25H30N2O5. The van der Waals surface area contributed by atoms with Gasteiger partial charge in [-0.05, 0) is 35.1 Å². The highest BCUT2D eigenvalue weighted by molar-refractivity contribution is 5.89. The Morgan fingerprint density at radius 3 is 2.06 bits per heavy atom. The molecule has 1 aliphatic carbocycles. The second-order valence-corrected chi connectivity index (χ2v) is 7.97. The molecule has 32 heavy (non-hydrogen) atoms. The molecule has 0 heterocycles. The van der Waals surface area contributed by atoms with Crippen molar-refractivity contribution >= 4 is 18.0 Å². The van der Waals surface area contributed by atoms with Crippen molar-refractivity contribution in [2.75, 3.05) is 6.61 Å². The lowest BCUT2D eigenvalue weighted by Gasteiger charge is -2.21. The van der Waals surface area contributed by atoms with Crippen molar-refractivity contribution in [1.29, 1.82) is 0 Å². The van der Waals surface area contributed by atoms with Crippen LogP contribution in [0.1, 0.15) is 56.6 Å². The lowest BCUT2D eigenvalue weighted by Crippen LogP contribution is -2.51. The largest absolute Gasteiger partial charge is 0.480 e. The van der Waals surface area contributed by atoms with E-state index in [1.54, 1.807) is 6.92 Å². The van der Waals surface area contributed by atoms with E-state index in [9.17, 15) is 19.5 Å². The standard InChI is InChI=1S/C25H30N2O5/c1-3-5-14-22(23(28)26-21(4-2)24(29)30)27-25(31)32-15-20-18-12-8-6-10-16(18)17-11-7-9-13-19(17)20/h6-13,20-22H,3-5,14-15H2,1-2H3,(H,26,28)(H,27,31)(H,29,30)/t21-,22-/m0/s1. The minimum absolute atomic E-state index is 0.0763. The van der Waals surface area contributed by atoms with Crippen LogP contribution in [0.3, 0.4) is 0 Å². The number of carbonyl (C=O) groups is 3. The molecule has 0 spiro atoms. The number of carboxylic acids is 1. The first-order valence-electron chi connectivity index (χ1n) is 11.1. The Hall–Kier alpha value is -3.35. The van der Waals surface area contributed by atoms with Crippen LogP contribution in [0, 0.1) is 0 Å². The molecule has 1 aliphatic rings. The number of fused-ring (bicyclic) bond motifs is 3. The van der Waals surface area contributed by atoms with E-state index in [2.05, 4.69) is 22.8 Å². The van der Waals surface area contributed by atoms with Gasteiger partial charge in [0.05, 0.1) is 0 Å². The third-order valence-corrected chi connectivity index (χ3v) is 5.82. The third kappa shape index (κ3) is 5.28. The second-order valence-electron chi connectivity index (χ2n) is 7.97. The molecule has 0 aromatic heterocycles. The van der Waals surface area contributed by atoms with Gasteiger partial charge in [0, 0.05) is 5.92 Å². The van der Waals surface area contributed by atoms with Gasteiger partial charge >= 0.3 is 12.1 Å². The topological polar surface area (TPSA) is 105 Å². The van der Waals surface area contributed by atoms with Crippen LogP contribution >= 0.6 is 0 Å². The van der Waals surface area contributed by atoms with Gasteiger partial charge in [-0.2, -0.15) is 0 Å². The van der Waals surface area contributed by atoms with E-state index in [-0.39, 0.29) is 18.9 Å². The first-order chi connectivity index (χ1) is 15.5. The molecule has 3 rings (SSSR count). The van der Waals surface area contributed by atoms with E-state index in [1.165, 1.54) is 0 Å². The van der Waals surface area contributed by atoms with Crippen LogP contribution in [0.5, 0.6) is 0 Å². The highest BCUT2D eigenvalue weighted by Gasteiger charge is 2.30. The van der Waals surface area contributed by atoms with Crippen LogP contribution in [-0.2, 0) is 14.3 Å². The molecule has 0 unspecified atom stereocenters. The van der Waals surface area contributed by atoms with E-state index >= 15 is 0 Å². The molecule has 2 atom stereocenters. The van der Waals surface area contributed by atoms with E-state index in [0.29, 0.717) is 12.8 Å². The first-order valence-corrected chi connectivity index (χ1v) is 11.1. The molecule has 2 aromatic rings. The summed E-state index contributed by atoms with van der Waals surface area (Å²) in [4.78, 5) is 36.4. The van der Waals surface area contributed by atoms with Gasteiger partial charge in [-0.15, -0.1) is 0 Å². The number of hydrogen-bond donors (Lipinski definition) is 3. The number of alkyl carbamates (subject to hydrolysis) is 1. The molecule has 170 valence electrons. The summed E-state index contributed by atoms with van der Waals surface area (Å²) in [5.41, 5.74) is 4.48. The molecule has 0 saturated carbocycles. The Bertz CT molecular complexity index is 929. The molecule has 7 nitrogen and oxygen atoms in total. The maximum absolute atomic E-state index is 12.6. The number of unbranched alkanes of at least 4 members (excludes halogenated alkanes) is 1. The molecule has 7 heteroatoms. The van der Waals surface area contributed by atoms with Gasteiger partial charge in [0.2, 0.25) is 5.91 Å². The third-order valence-electron chi connectivity index (χ3n) is 5.82. The van der Waals surface area contributed by atoms with Crippen molar-refractivity contribution in [1.82, 2.24) is 10.6 Å². The van der Waals surface area contributed by atoms with Gasteiger partial charge in [0.15, 0.2) is 0 Å². The quantitative estimate of drug-likeness (QED) is 0.519. The average molecular weight is 439 g/mol. The van der Waals surface area contributed by atoms with Gasteiger partial charge in [0.25, 0.3) is 0 Å². The minimum atomic E-state index is -1.10. The van der Waals surface area contributed by atoms with E-state index in [0.717, 1.165) is 28.7 Å². The van der Waals surface area contributed by atoms with E-state index in [4.69, 9.17) is 4.74 Å². The normalized spacial score (nSPS) is 14.1. The zero-order chi connectivity index (χ0) is 23.1. The van der Waals surface area contributed by atoms with Crippen LogP contribution in [-0.4, -0.2) is 41.8 Å². The molecule has 0 radical (unpaired) electrons. The minimum Gasteiger partial charge on any atom is -0.480 e. The van der Waals surface area contributed by atoms with Gasteiger partial charge < -0.3 is 20.5 Å². The van der Waals surface area contributed by atoms with E-state index in [1.807, 2.05) is 43.3 Å². The summed E-state index contributed by atoms with van der Waals surface area (Å²) in [6.07, 6.45) is 1.53. The Labute approximate surface area is 188 Å². The van der Waals surface area contributed by atoms with Gasteiger partial charge in [-0.25, -0.2) is 9.59 Å². The van der Waals surface area contributed by atoms with Crippen molar-refractivity contribution in [2.24, 2.45) is 0 Å². The molecule has 0 saturated heterocycles. The van der Waals surface area contributed by atoms with Crippen molar-refractivity contribution in [3.8, 4) is 11.1 Å². The zero-order valence-electron chi connectivity index (χ0n) is 18.5. The van der Waals surface area contributed by atoms with Crippen molar-refractivity contribution in [2.45, 2.75) is 57.5 Å². The number of aliphatic carboxylic acids is 1. The Morgan fingerprint density at radius 2 is 1.53 bits per heavy atom. The maximum atomic E-state index is 12.6. The van der Waals surface area contributed by atoms with E-state index < -0.39 is 30.1 Å². The van der Waals surface area contributed by atoms with Crippen LogP contribution < -0.4 is 10.6 Å². The average Bonchev–Trinajstić information content (AvgIpc) is 3.12. The molecule has 0 fully saturated rings. The number of ether oxygens (including phenoxy) is 1. The molecule has 2 amide bonds. The highest BCUT2D eigenvalue weighted by atomic mass is 16.5. The number of nitrogens with one attached hydrogen (secondary N) is 2. The SMILES string of the molecule is CCCC[C@H](NC(=O)OCC1c2ccccc2-c2ccccc21)C(=O)N[C@@H](CC)C(=O)O. The zero-order valence-corrected chi connectivity index (χ0v) is 18.5. The predicted molar refractivity (Wildman–Crippen MR) is 121 cm³/mol. The molecule has 2 aromatic carbocycles. The maximum Gasteiger partial charge on any atom is 0.407 e. The number of hydrogen-bond acceptors (Lipinski definition) is 4. The first kappa shape index (κ1) is 23.3. The lowest BCUT2D eigenvalue weighted by atomic mass is 9.98. The summed E-state index contributed by atoms with van der Waals surface area (Å²) in [6.45, 7) is 3.81. The number of carboxylic acid groups (broad SMARTS) is 1. The summed E-state index contributed by atoms with van der Waals surface area (Å²) in [7, 11) is 0. The Balaban J connectivity index is 1.65. The molecule has 0 bridgehead atoms. The number of amides is 2. The summed E-state index contributed by atoms with van der Waals surface area (Å²) < 4.78 is 5.53. The second kappa shape index (κ2) is 10.8. The number of benzene rings is 2. The summed E-state index contributed by atoms with van der Waals surface area (Å²) in [6, 6.07) is 14.3. The summed E-state index contributed by atoms with van der Waals surface area (Å²) in [5.74, 6) is -1.69. The summed E-state index contributed by atoms with van der Waals surface area (Å²) >= 11 is 0. The van der Waals surface area contributed by atoms with Gasteiger partial charge in [-0.1, -0.05) is 75.2 Å². The smallest absolute Gasteiger partial charge is 0.407 e. The number of carbonyl (C=O) groups excluding carboxylic acids is 2. The fourth-order valence-corrected chi connectivity index (χ4v) is 4.07. The summed E-state index contributed by atoms with van der Waals surface area (Å²) in [5, 5.41) is 14.3. The van der Waals surface area contributed by atoms with Crippen LogP contribution in [0.15, 0.2) is 48.5 Å². The number of rotatable bonds is 10. The highest BCUT2D eigenvalue weighted by Crippen LogP contribution is 2.44. The van der Waals surface area contributed by atoms with Crippen molar-refractivity contribution in [3.05, 3.63) is 59.7 Å². The Morgan fingerprint density at radius 1 is 0.938 bits per heavy atom. The molecule has 0 aliphatic heterocycles. The predicted octanol–water partition coefficient (Wildman–Crippen LogP) is 4.06. The Kier molecular flexibility index (Phi) is 7.87. The fraction of sp³-hybridized carbons (Fsp3) is 0.400. The molecular weight excluding hydrogens is 408 g/mol. The van der Waals surface area contributed by atoms with Crippen LogP contribution in [0.4, 0.5) is 4.79 Å². The van der Waals surface area contributed by atoms with Gasteiger partial charge in [-0.3, -0.25) is 4.79 Å². The van der Waals surface area contributed by atoms with Crippen molar-refractivity contribution < 1.29 is 24.2 Å². The lowest BCUT2D eigenvalue weighted by molar-refractivity contribution is -0.142. The van der Waals surface area contributed by atoms with Crippen LogP contribution in [0.2, 0.25) is 0 Å². The van der Waals surface area contributed by atoms with Crippen molar-refractivity contribution in [3.63, 3.8) is 0 Å². The van der Waals surface area contributed by atoms with Crippen LogP contribution in [0.25, 0.3) is 11.1 Å². The van der Waals surface area contributed by atoms with Gasteiger partial charge in [0.1, 0.15) is 18.7 Å². The monoisotopic (exact) mass is 438 g/mol. The molecule has 3 N–H and O–H groups in total. The fourth-order valence-electron chi connectivity index (χ4n) is 4.07.